The summed E-state index contributed by atoms with van der Waals surface area (Å²) < 4.78 is 2.24. The third-order valence-electron chi connectivity index (χ3n) is 4.78. The molecule has 1 aromatic heterocycles. The van der Waals surface area contributed by atoms with Gasteiger partial charge in [0.2, 0.25) is 5.69 Å². The van der Waals surface area contributed by atoms with Crippen LogP contribution in [0.15, 0.2) is 48.7 Å². The number of hydrogen-bond acceptors (Lipinski definition) is 0. The van der Waals surface area contributed by atoms with Crippen LogP contribution in [0.25, 0.3) is 22.0 Å². The minimum Gasteiger partial charge on any atom is -0.200 e. The number of rotatable bonds is 3. The van der Waals surface area contributed by atoms with E-state index in [-0.39, 0.29) is 0 Å². The normalized spacial score (nSPS) is 11.4. The fraction of sp³-hybridized carbons (Fsp3) is 0.318. The molecular formula is C22H26N+. The maximum Gasteiger partial charge on any atom is 0.220 e. The highest BCUT2D eigenvalue weighted by atomic mass is 14.9. The first-order valence-corrected chi connectivity index (χ1v) is 8.53. The van der Waals surface area contributed by atoms with Gasteiger partial charge in [0.05, 0.1) is 5.39 Å². The van der Waals surface area contributed by atoms with Gasteiger partial charge in [-0.3, -0.25) is 0 Å². The Kier molecular flexibility index (Phi) is 4.21. The van der Waals surface area contributed by atoms with E-state index < -0.39 is 0 Å². The minimum absolute atomic E-state index is 0.558. The molecule has 1 heteroatoms. The second-order valence-electron chi connectivity index (χ2n) is 6.78. The van der Waals surface area contributed by atoms with Gasteiger partial charge in [-0.2, -0.15) is 0 Å². The van der Waals surface area contributed by atoms with Crippen LogP contribution >= 0.6 is 0 Å². The number of aromatic nitrogens is 1. The predicted octanol–water partition coefficient (Wildman–Crippen LogP) is 5.33. The summed E-state index contributed by atoms with van der Waals surface area (Å²) in [5.41, 5.74) is 6.78. The molecule has 0 aliphatic heterocycles. The fourth-order valence-corrected chi connectivity index (χ4v) is 3.30. The maximum atomic E-state index is 2.33. The Hall–Kier alpha value is -2.15. The molecule has 23 heavy (non-hydrogen) atoms. The SMILES string of the molecule is CCc1ccc(-c2c3ccc(C(C)C)cc3cc[n+]2C)c(C)c1. The third-order valence-corrected chi connectivity index (χ3v) is 4.78. The van der Waals surface area contributed by atoms with E-state index in [0.717, 1.165) is 6.42 Å². The molecule has 0 radical (unpaired) electrons. The van der Waals surface area contributed by atoms with E-state index >= 15 is 0 Å². The van der Waals surface area contributed by atoms with Crippen LogP contribution in [-0.4, -0.2) is 0 Å². The van der Waals surface area contributed by atoms with Crippen LogP contribution in [0.1, 0.15) is 43.4 Å². The topological polar surface area (TPSA) is 3.88 Å². The lowest BCUT2D eigenvalue weighted by molar-refractivity contribution is -0.659. The van der Waals surface area contributed by atoms with Crippen molar-refractivity contribution in [2.24, 2.45) is 7.05 Å². The Morgan fingerprint density at radius 3 is 2.43 bits per heavy atom. The van der Waals surface area contributed by atoms with Crippen molar-refractivity contribution < 1.29 is 4.57 Å². The van der Waals surface area contributed by atoms with Crippen molar-refractivity contribution in [3.05, 3.63) is 65.4 Å². The highest BCUT2D eigenvalue weighted by Crippen LogP contribution is 2.30. The molecule has 2 aromatic carbocycles. The molecule has 0 saturated carbocycles. The highest BCUT2D eigenvalue weighted by Gasteiger charge is 2.17. The maximum absolute atomic E-state index is 2.33. The van der Waals surface area contributed by atoms with Crippen LogP contribution in [0.2, 0.25) is 0 Å². The molecule has 0 unspecified atom stereocenters. The summed E-state index contributed by atoms with van der Waals surface area (Å²) in [6, 6.07) is 16.0. The molecule has 0 aliphatic rings. The van der Waals surface area contributed by atoms with Gasteiger partial charge in [0.1, 0.15) is 7.05 Å². The summed E-state index contributed by atoms with van der Waals surface area (Å²) in [5.74, 6) is 0.558. The van der Waals surface area contributed by atoms with Crippen molar-refractivity contribution in [3.63, 3.8) is 0 Å². The zero-order chi connectivity index (χ0) is 16.6. The van der Waals surface area contributed by atoms with Gasteiger partial charge in [0, 0.05) is 11.6 Å². The Morgan fingerprint density at radius 2 is 1.78 bits per heavy atom. The van der Waals surface area contributed by atoms with Crippen LogP contribution in [0, 0.1) is 6.92 Å². The first kappa shape index (κ1) is 15.7. The summed E-state index contributed by atoms with van der Waals surface area (Å²) in [5, 5.41) is 2.65. The first-order valence-electron chi connectivity index (χ1n) is 8.53. The molecule has 0 spiro atoms. The Bertz CT molecular complexity index is 859. The lowest BCUT2D eigenvalue weighted by Gasteiger charge is -2.11. The molecule has 0 N–H and O–H groups in total. The molecule has 1 nitrogen and oxygen atoms in total. The second kappa shape index (κ2) is 6.16. The highest BCUT2D eigenvalue weighted by molar-refractivity contribution is 5.94. The molecule has 0 saturated heterocycles. The van der Waals surface area contributed by atoms with Crippen molar-refractivity contribution in [3.8, 4) is 11.3 Å². The molecule has 3 aromatic rings. The van der Waals surface area contributed by atoms with Crippen molar-refractivity contribution in [1.82, 2.24) is 0 Å². The van der Waals surface area contributed by atoms with Crippen molar-refractivity contribution in [1.29, 1.82) is 0 Å². The third kappa shape index (κ3) is 2.88. The molecule has 0 atom stereocenters. The molecule has 118 valence electrons. The minimum atomic E-state index is 0.558. The van der Waals surface area contributed by atoms with E-state index in [1.807, 2.05) is 0 Å². The largest absolute Gasteiger partial charge is 0.220 e. The predicted molar refractivity (Wildman–Crippen MR) is 98.8 cm³/mol. The number of pyridine rings is 1. The standard InChI is InChI=1S/C22H26N/c1-6-17-7-9-20(16(4)13-17)22-21-10-8-18(15(2)3)14-19(21)11-12-23(22)5/h7-15H,6H2,1-5H3/q+1. The van der Waals surface area contributed by atoms with Crippen LogP contribution < -0.4 is 4.57 Å². The quantitative estimate of drug-likeness (QED) is 0.576. The Labute approximate surface area is 139 Å². The monoisotopic (exact) mass is 304 g/mol. The lowest BCUT2D eigenvalue weighted by Crippen LogP contribution is -2.30. The van der Waals surface area contributed by atoms with Gasteiger partial charge in [-0.1, -0.05) is 45.0 Å². The van der Waals surface area contributed by atoms with Crippen molar-refractivity contribution >= 4 is 10.8 Å². The van der Waals surface area contributed by atoms with Crippen LogP contribution in [0.3, 0.4) is 0 Å². The van der Waals surface area contributed by atoms with Gasteiger partial charge in [0.25, 0.3) is 0 Å². The Balaban J connectivity index is 2.26. The number of fused-ring (bicyclic) bond motifs is 1. The number of benzene rings is 2. The van der Waals surface area contributed by atoms with Crippen molar-refractivity contribution in [2.45, 2.75) is 40.0 Å². The summed E-state index contributed by atoms with van der Waals surface area (Å²) in [4.78, 5) is 0. The van der Waals surface area contributed by atoms with Gasteiger partial charge < -0.3 is 0 Å². The molecule has 0 aliphatic carbocycles. The van der Waals surface area contributed by atoms with Crippen LogP contribution in [-0.2, 0) is 13.5 Å². The summed E-state index contributed by atoms with van der Waals surface area (Å²) in [7, 11) is 2.14. The average molecular weight is 304 g/mol. The smallest absolute Gasteiger partial charge is 0.200 e. The van der Waals surface area contributed by atoms with E-state index in [9.17, 15) is 0 Å². The van der Waals surface area contributed by atoms with Crippen LogP contribution in [0.4, 0.5) is 0 Å². The molecule has 1 heterocycles. The van der Waals surface area contributed by atoms with Gasteiger partial charge >= 0.3 is 0 Å². The summed E-state index contributed by atoms with van der Waals surface area (Å²) in [6.07, 6.45) is 3.26. The summed E-state index contributed by atoms with van der Waals surface area (Å²) in [6.45, 7) is 8.92. The molecule has 0 bridgehead atoms. The number of aryl methyl sites for hydroxylation is 3. The fourth-order valence-electron chi connectivity index (χ4n) is 3.30. The van der Waals surface area contributed by atoms with Gasteiger partial charge in [-0.15, -0.1) is 0 Å². The van der Waals surface area contributed by atoms with Crippen molar-refractivity contribution in [2.75, 3.05) is 0 Å². The lowest BCUT2D eigenvalue weighted by atomic mass is 9.94. The molecule has 0 amide bonds. The summed E-state index contributed by atoms with van der Waals surface area (Å²) >= 11 is 0. The number of hydrogen-bond donors (Lipinski definition) is 0. The van der Waals surface area contributed by atoms with E-state index in [1.54, 1.807) is 0 Å². The van der Waals surface area contributed by atoms with Crippen LogP contribution in [0.5, 0.6) is 0 Å². The zero-order valence-electron chi connectivity index (χ0n) is 14.9. The molecular weight excluding hydrogens is 278 g/mol. The zero-order valence-corrected chi connectivity index (χ0v) is 14.9. The van der Waals surface area contributed by atoms with E-state index in [1.165, 1.54) is 38.7 Å². The van der Waals surface area contributed by atoms with Gasteiger partial charge in [0.15, 0.2) is 6.20 Å². The van der Waals surface area contributed by atoms with Gasteiger partial charge in [-0.25, -0.2) is 4.57 Å². The second-order valence-corrected chi connectivity index (χ2v) is 6.78. The van der Waals surface area contributed by atoms with E-state index in [4.69, 9.17) is 0 Å². The molecule has 0 fully saturated rings. The first-order chi connectivity index (χ1) is 11.0. The Morgan fingerprint density at radius 1 is 1.00 bits per heavy atom. The van der Waals surface area contributed by atoms with E-state index in [2.05, 4.69) is 88.0 Å². The molecule has 3 rings (SSSR count). The number of nitrogens with zero attached hydrogens (tertiary/aromatic N) is 1. The average Bonchev–Trinajstić information content (AvgIpc) is 2.55. The van der Waals surface area contributed by atoms with Gasteiger partial charge in [-0.05, 0) is 53.5 Å². The van der Waals surface area contributed by atoms with E-state index in [0.29, 0.717) is 5.92 Å².